The van der Waals surface area contributed by atoms with Crippen molar-refractivity contribution < 1.29 is 9.47 Å². The number of hydrogen-bond acceptors (Lipinski definition) is 3. The Morgan fingerprint density at radius 1 is 0.935 bits per heavy atom. The number of hydrogen-bond donors (Lipinski definition) is 1. The fourth-order valence-corrected chi connectivity index (χ4v) is 7.01. The van der Waals surface area contributed by atoms with E-state index in [0.29, 0.717) is 18.8 Å². The second kappa shape index (κ2) is 8.78. The van der Waals surface area contributed by atoms with Crippen molar-refractivity contribution in [3.63, 3.8) is 0 Å². The van der Waals surface area contributed by atoms with Crippen LogP contribution in [0, 0.1) is 24.7 Å². The minimum Gasteiger partial charge on any atom is -0.490 e. The summed E-state index contributed by atoms with van der Waals surface area (Å²) in [5.74, 6) is 4.50. The molecule has 6 rings (SSSR count). The third-order valence-corrected chi connectivity index (χ3v) is 8.36. The van der Waals surface area contributed by atoms with E-state index in [0.717, 1.165) is 45.8 Å². The number of ether oxygens (including phenoxy) is 2. The smallest absolute Gasteiger partial charge is 0.162 e. The van der Waals surface area contributed by atoms with E-state index >= 15 is 0 Å². The Labute approximate surface area is 195 Å². The van der Waals surface area contributed by atoms with E-state index < -0.39 is 0 Å². The molecular formula is C27H34BrNO2. The summed E-state index contributed by atoms with van der Waals surface area (Å²) < 4.78 is 13.2. The van der Waals surface area contributed by atoms with Gasteiger partial charge in [0.15, 0.2) is 11.5 Å². The zero-order valence-corrected chi connectivity index (χ0v) is 20.3. The van der Waals surface area contributed by atoms with Crippen molar-refractivity contribution in [3.05, 3.63) is 57.6 Å². The van der Waals surface area contributed by atoms with Crippen molar-refractivity contribution in [2.24, 2.45) is 17.8 Å². The zero-order chi connectivity index (χ0) is 21.4. The van der Waals surface area contributed by atoms with E-state index in [4.69, 9.17) is 9.47 Å². The molecule has 4 aliphatic rings. The van der Waals surface area contributed by atoms with Crippen LogP contribution in [-0.2, 0) is 13.2 Å². The molecule has 0 aromatic heterocycles. The molecule has 0 heterocycles. The van der Waals surface area contributed by atoms with Crippen LogP contribution in [-0.4, -0.2) is 12.1 Å². The first-order valence-corrected chi connectivity index (χ1v) is 12.7. The topological polar surface area (TPSA) is 30.5 Å². The molecule has 4 bridgehead atoms. The molecule has 4 heteroatoms. The maximum absolute atomic E-state index is 6.15. The van der Waals surface area contributed by atoms with Crippen molar-refractivity contribution in [1.29, 1.82) is 0 Å². The van der Waals surface area contributed by atoms with Gasteiger partial charge in [0.2, 0.25) is 0 Å². The molecule has 0 aliphatic heterocycles. The molecule has 1 N–H and O–H groups in total. The predicted octanol–water partition coefficient (Wildman–Crippen LogP) is 6.79. The highest BCUT2D eigenvalue weighted by molar-refractivity contribution is 9.10. The minimum atomic E-state index is 0.362. The van der Waals surface area contributed by atoms with E-state index in [2.05, 4.69) is 64.6 Å². The standard InChI is InChI=1S/C27H34BrNO2/c1-3-30-25-11-23(16-29-27-13-20-8-21(14-27)10-22(9-20)15-27)24(28)12-26(25)31-17-19-6-4-18(2)5-7-19/h4-7,11-12,20-22,29H,3,8-10,13-17H2,1-2H3. The Kier molecular flexibility index (Phi) is 6.04. The van der Waals surface area contributed by atoms with E-state index in [1.165, 1.54) is 49.7 Å². The molecule has 4 aliphatic carbocycles. The highest BCUT2D eigenvalue weighted by Gasteiger charge is 2.50. The summed E-state index contributed by atoms with van der Waals surface area (Å²) in [4.78, 5) is 0. The largest absolute Gasteiger partial charge is 0.490 e. The van der Waals surface area contributed by atoms with Gasteiger partial charge in [-0.25, -0.2) is 0 Å². The Hall–Kier alpha value is -1.52. The van der Waals surface area contributed by atoms with Gasteiger partial charge < -0.3 is 14.8 Å². The van der Waals surface area contributed by atoms with Crippen LogP contribution in [0.3, 0.4) is 0 Å². The van der Waals surface area contributed by atoms with Gasteiger partial charge >= 0.3 is 0 Å². The summed E-state index contributed by atoms with van der Waals surface area (Å²) >= 11 is 3.80. The van der Waals surface area contributed by atoms with Gasteiger partial charge in [-0.2, -0.15) is 0 Å². The Morgan fingerprint density at radius 3 is 2.16 bits per heavy atom. The quantitative estimate of drug-likeness (QED) is 0.447. The van der Waals surface area contributed by atoms with Crippen LogP contribution in [0.25, 0.3) is 0 Å². The molecule has 2 aromatic carbocycles. The molecule has 2 aromatic rings. The van der Waals surface area contributed by atoms with Crippen molar-refractivity contribution in [3.8, 4) is 11.5 Å². The lowest BCUT2D eigenvalue weighted by Crippen LogP contribution is -2.58. The van der Waals surface area contributed by atoms with E-state index in [1.54, 1.807) is 0 Å². The molecule has 0 saturated heterocycles. The Morgan fingerprint density at radius 2 is 1.55 bits per heavy atom. The molecule has 0 spiro atoms. The van der Waals surface area contributed by atoms with Crippen LogP contribution in [0.1, 0.15) is 62.1 Å². The number of rotatable bonds is 8. The second-order valence-corrected chi connectivity index (χ2v) is 11.0. The SMILES string of the molecule is CCOc1cc(CNC23CC4CC(CC(C4)C2)C3)c(Br)cc1OCc1ccc(C)cc1. The average Bonchev–Trinajstić information content (AvgIpc) is 2.73. The third kappa shape index (κ3) is 4.66. The lowest BCUT2D eigenvalue weighted by atomic mass is 9.53. The maximum Gasteiger partial charge on any atom is 0.162 e. The van der Waals surface area contributed by atoms with E-state index in [1.807, 2.05) is 6.92 Å². The molecule has 0 amide bonds. The van der Waals surface area contributed by atoms with Crippen molar-refractivity contribution >= 4 is 15.9 Å². The normalized spacial score (nSPS) is 28.7. The summed E-state index contributed by atoms with van der Waals surface area (Å²) in [6.45, 7) is 6.18. The summed E-state index contributed by atoms with van der Waals surface area (Å²) in [5.41, 5.74) is 4.04. The van der Waals surface area contributed by atoms with Gasteiger partial charge in [0.1, 0.15) is 6.61 Å². The molecule has 0 radical (unpaired) electrons. The van der Waals surface area contributed by atoms with Crippen LogP contribution in [0.5, 0.6) is 11.5 Å². The first-order valence-electron chi connectivity index (χ1n) is 11.9. The number of halogens is 1. The van der Waals surface area contributed by atoms with Crippen LogP contribution in [0.4, 0.5) is 0 Å². The highest BCUT2D eigenvalue weighted by atomic mass is 79.9. The fourth-order valence-electron chi connectivity index (χ4n) is 6.55. The monoisotopic (exact) mass is 483 g/mol. The molecule has 0 unspecified atom stereocenters. The summed E-state index contributed by atoms with van der Waals surface area (Å²) in [5, 5.41) is 4.01. The van der Waals surface area contributed by atoms with Crippen LogP contribution in [0.2, 0.25) is 0 Å². The van der Waals surface area contributed by atoms with Gasteiger partial charge in [0.05, 0.1) is 6.61 Å². The molecular weight excluding hydrogens is 450 g/mol. The first-order chi connectivity index (χ1) is 15.0. The third-order valence-electron chi connectivity index (χ3n) is 7.62. The fraction of sp³-hybridized carbons (Fsp3) is 0.556. The first kappa shape index (κ1) is 21.3. The van der Waals surface area contributed by atoms with Crippen LogP contribution < -0.4 is 14.8 Å². The van der Waals surface area contributed by atoms with Gasteiger partial charge in [-0.1, -0.05) is 45.8 Å². The highest BCUT2D eigenvalue weighted by Crippen LogP contribution is 2.55. The minimum absolute atomic E-state index is 0.362. The van der Waals surface area contributed by atoms with Crippen LogP contribution >= 0.6 is 15.9 Å². The molecule has 0 atom stereocenters. The second-order valence-electron chi connectivity index (χ2n) is 10.1. The molecule has 31 heavy (non-hydrogen) atoms. The van der Waals surface area contributed by atoms with E-state index in [9.17, 15) is 0 Å². The maximum atomic E-state index is 6.15. The lowest BCUT2D eigenvalue weighted by Gasteiger charge is -2.57. The van der Waals surface area contributed by atoms with Crippen molar-refractivity contribution in [1.82, 2.24) is 5.32 Å². The van der Waals surface area contributed by atoms with Crippen LogP contribution in [0.15, 0.2) is 40.9 Å². The zero-order valence-electron chi connectivity index (χ0n) is 18.8. The number of aryl methyl sites for hydroxylation is 1. The molecule has 3 nitrogen and oxygen atoms in total. The van der Waals surface area contributed by atoms with Gasteiger partial charge in [0.25, 0.3) is 0 Å². The molecule has 166 valence electrons. The summed E-state index contributed by atoms with van der Waals surface area (Å²) in [7, 11) is 0. The van der Waals surface area contributed by atoms with Gasteiger partial charge in [-0.3, -0.25) is 0 Å². The van der Waals surface area contributed by atoms with Gasteiger partial charge in [-0.05, 0) is 93.4 Å². The van der Waals surface area contributed by atoms with Crippen molar-refractivity contribution in [2.75, 3.05) is 6.61 Å². The van der Waals surface area contributed by atoms with Crippen molar-refractivity contribution in [2.45, 2.75) is 71.1 Å². The van der Waals surface area contributed by atoms with Gasteiger partial charge in [-0.15, -0.1) is 0 Å². The predicted molar refractivity (Wildman–Crippen MR) is 129 cm³/mol. The summed E-state index contributed by atoms with van der Waals surface area (Å²) in [6.07, 6.45) is 8.54. The molecule has 4 fully saturated rings. The molecule has 4 saturated carbocycles. The van der Waals surface area contributed by atoms with Gasteiger partial charge in [0, 0.05) is 16.6 Å². The Balaban J connectivity index is 1.29. The average molecular weight is 484 g/mol. The summed E-state index contributed by atoms with van der Waals surface area (Å²) in [6, 6.07) is 12.7. The lowest BCUT2D eigenvalue weighted by molar-refractivity contribution is -0.0206. The number of nitrogens with one attached hydrogen (secondary N) is 1. The Bertz CT molecular complexity index is 888. The van der Waals surface area contributed by atoms with E-state index in [-0.39, 0.29) is 0 Å². The number of benzene rings is 2.